The van der Waals surface area contributed by atoms with Gasteiger partial charge < -0.3 is 16.4 Å². The van der Waals surface area contributed by atoms with Gasteiger partial charge in [-0.15, -0.1) is 0 Å². The molecule has 2 atom stereocenters. The maximum absolute atomic E-state index is 13.9. The van der Waals surface area contributed by atoms with Crippen molar-refractivity contribution in [2.45, 2.75) is 31.8 Å². The van der Waals surface area contributed by atoms with Crippen LogP contribution in [0.1, 0.15) is 18.1 Å². The highest BCUT2D eigenvalue weighted by atomic mass is 35.5. The van der Waals surface area contributed by atoms with E-state index in [1.165, 1.54) is 25.1 Å². The lowest BCUT2D eigenvalue weighted by atomic mass is 10.0. The number of hydrogen-bond donors (Lipinski definition) is 3. The van der Waals surface area contributed by atoms with Gasteiger partial charge in [0.05, 0.1) is 0 Å². The number of carbonyl (C=O) groups is 3. The first-order chi connectivity index (χ1) is 13.3. The Bertz CT molecular complexity index is 875. The minimum Gasteiger partial charge on any atom is -0.368 e. The van der Waals surface area contributed by atoms with Crippen molar-refractivity contribution >= 4 is 29.3 Å². The van der Waals surface area contributed by atoms with Crippen molar-refractivity contribution in [2.75, 3.05) is 0 Å². The molecule has 8 heteroatoms. The van der Waals surface area contributed by atoms with Gasteiger partial charge in [0.15, 0.2) is 0 Å². The van der Waals surface area contributed by atoms with Gasteiger partial charge in [-0.05, 0) is 23.3 Å². The molecule has 0 spiro atoms. The first kappa shape index (κ1) is 21.4. The molecule has 0 heterocycles. The average molecular weight is 406 g/mol. The second-order valence-corrected chi connectivity index (χ2v) is 6.71. The van der Waals surface area contributed by atoms with E-state index in [0.29, 0.717) is 10.6 Å². The molecule has 2 aromatic rings. The predicted octanol–water partition coefficient (Wildman–Crippen LogP) is 1.74. The molecule has 0 saturated heterocycles. The van der Waals surface area contributed by atoms with Gasteiger partial charge in [-0.1, -0.05) is 48.0 Å². The number of nitrogens with one attached hydrogen (secondary N) is 2. The molecule has 0 bridgehead atoms. The van der Waals surface area contributed by atoms with E-state index in [9.17, 15) is 18.8 Å². The fourth-order valence-electron chi connectivity index (χ4n) is 2.72. The van der Waals surface area contributed by atoms with E-state index in [1.807, 2.05) is 0 Å². The van der Waals surface area contributed by atoms with Crippen LogP contribution in [0.5, 0.6) is 0 Å². The van der Waals surface area contributed by atoms with Crippen molar-refractivity contribution in [2.24, 2.45) is 5.73 Å². The summed E-state index contributed by atoms with van der Waals surface area (Å²) in [6.45, 7) is 1.25. The number of carbonyl (C=O) groups excluding carboxylic acids is 3. The van der Waals surface area contributed by atoms with Gasteiger partial charge in [0.1, 0.15) is 17.9 Å². The molecule has 0 radical (unpaired) electrons. The zero-order valence-corrected chi connectivity index (χ0v) is 16.0. The number of benzene rings is 2. The molecule has 148 valence electrons. The van der Waals surface area contributed by atoms with E-state index in [0.717, 1.165) is 0 Å². The van der Waals surface area contributed by atoms with E-state index < -0.39 is 35.6 Å². The number of hydrogen-bond acceptors (Lipinski definition) is 3. The monoisotopic (exact) mass is 405 g/mol. The van der Waals surface area contributed by atoms with Crippen molar-refractivity contribution in [3.05, 3.63) is 70.5 Å². The van der Waals surface area contributed by atoms with Crippen LogP contribution in [0, 0.1) is 5.82 Å². The van der Waals surface area contributed by atoms with Crippen LogP contribution in [0.2, 0.25) is 5.02 Å². The second kappa shape index (κ2) is 9.85. The summed E-state index contributed by atoms with van der Waals surface area (Å²) in [7, 11) is 0. The standard InChI is InChI=1S/C20H21ClFN3O3/c1-12(26)24-18(11-14-7-3-5-9-16(14)22)20(28)25-17(19(23)27)10-13-6-2-4-8-15(13)21/h2-9,17-18H,10-11H2,1H3,(H2,23,27)(H,24,26)(H,25,28)/t17-,18+/m0/s1. The zero-order chi connectivity index (χ0) is 20.7. The first-order valence-electron chi connectivity index (χ1n) is 8.61. The fraction of sp³-hybridized carbons (Fsp3) is 0.250. The summed E-state index contributed by atoms with van der Waals surface area (Å²) in [5, 5.41) is 5.44. The first-order valence-corrected chi connectivity index (χ1v) is 8.99. The van der Waals surface area contributed by atoms with E-state index in [1.54, 1.807) is 30.3 Å². The highest BCUT2D eigenvalue weighted by molar-refractivity contribution is 6.31. The van der Waals surface area contributed by atoms with Crippen molar-refractivity contribution in [3.63, 3.8) is 0 Å². The Hall–Kier alpha value is -2.93. The summed E-state index contributed by atoms with van der Waals surface area (Å²) >= 11 is 6.10. The third kappa shape index (κ3) is 6.06. The van der Waals surface area contributed by atoms with Gasteiger partial charge in [-0.25, -0.2) is 4.39 Å². The Morgan fingerprint density at radius 2 is 1.54 bits per heavy atom. The van der Waals surface area contributed by atoms with Gasteiger partial charge >= 0.3 is 0 Å². The van der Waals surface area contributed by atoms with E-state index in [4.69, 9.17) is 17.3 Å². The van der Waals surface area contributed by atoms with Crippen LogP contribution in [0.25, 0.3) is 0 Å². The summed E-state index contributed by atoms with van der Waals surface area (Å²) in [5.74, 6) is -2.35. The molecule has 0 unspecified atom stereocenters. The molecule has 3 amide bonds. The third-order valence-electron chi connectivity index (χ3n) is 4.12. The van der Waals surface area contributed by atoms with Gasteiger partial charge in [-0.2, -0.15) is 0 Å². The van der Waals surface area contributed by atoms with Crippen LogP contribution in [-0.4, -0.2) is 29.8 Å². The normalized spacial score (nSPS) is 12.7. The molecule has 2 rings (SSSR count). The van der Waals surface area contributed by atoms with Gasteiger partial charge in [0.2, 0.25) is 17.7 Å². The summed E-state index contributed by atoms with van der Waals surface area (Å²) in [4.78, 5) is 36.0. The minimum atomic E-state index is -1.07. The summed E-state index contributed by atoms with van der Waals surface area (Å²) in [5.41, 5.74) is 6.32. The number of nitrogens with two attached hydrogens (primary N) is 1. The van der Waals surface area contributed by atoms with Crippen LogP contribution in [0.3, 0.4) is 0 Å². The van der Waals surface area contributed by atoms with Gasteiger partial charge in [0.25, 0.3) is 0 Å². The van der Waals surface area contributed by atoms with Crippen LogP contribution < -0.4 is 16.4 Å². The lowest BCUT2D eigenvalue weighted by Gasteiger charge is -2.22. The molecular weight excluding hydrogens is 385 g/mol. The van der Waals surface area contributed by atoms with E-state index in [2.05, 4.69) is 10.6 Å². The van der Waals surface area contributed by atoms with Crippen LogP contribution in [-0.2, 0) is 27.2 Å². The second-order valence-electron chi connectivity index (χ2n) is 6.31. The maximum atomic E-state index is 13.9. The van der Waals surface area contributed by atoms with Gasteiger partial charge in [-0.3, -0.25) is 14.4 Å². The summed E-state index contributed by atoms with van der Waals surface area (Å²) in [6.07, 6.45) is 0.0168. The largest absolute Gasteiger partial charge is 0.368 e. The summed E-state index contributed by atoms with van der Waals surface area (Å²) in [6, 6.07) is 10.7. The Balaban J connectivity index is 2.17. The minimum absolute atomic E-state index is 0.0737. The topological polar surface area (TPSA) is 101 Å². The maximum Gasteiger partial charge on any atom is 0.243 e. The Morgan fingerprint density at radius 3 is 2.11 bits per heavy atom. The van der Waals surface area contributed by atoms with E-state index >= 15 is 0 Å². The average Bonchev–Trinajstić information content (AvgIpc) is 2.63. The van der Waals surface area contributed by atoms with Crippen molar-refractivity contribution in [1.29, 1.82) is 0 Å². The Morgan fingerprint density at radius 1 is 0.964 bits per heavy atom. The molecule has 6 nitrogen and oxygen atoms in total. The highest BCUT2D eigenvalue weighted by Gasteiger charge is 2.26. The molecule has 0 aliphatic heterocycles. The van der Waals surface area contributed by atoms with Crippen LogP contribution >= 0.6 is 11.6 Å². The lowest BCUT2D eigenvalue weighted by Crippen LogP contribution is -2.54. The van der Waals surface area contributed by atoms with E-state index in [-0.39, 0.29) is 18.4 Å². The number of amides is 3. The van der Waals surface area contributed by atoms with Crippen LogP contribution in [0.15, 0.2) is 48.5 Å². The zero-order valence-electron chi connectivity index (χ0n) is 15.2. The molecule has 0 fully saturated rings. The number of primary amides is 1. The third-order valence-corrected chi connectivity index (χ3v) is 4.49. The quantitative estimate of drug-likeness (QED) is 0.623. The van der Waals surface area contributed by atoms with Crippen molar-refractivity contribution in [3.8, 4) is 0 Å². The summed E-state index contributed by atoms with van der Waals surface area (Å²) < 4.78 is 13.9. The smallest absolute Gasteiger partial charge is 0.243 e. The molecule has 0 saturated carbocycles. The predicted molar refractivity (Wildman–Crippen MR) is 104 cm³/mol. The fourth-order valence-corrected chi connectivity index (χ4v) is 2.93. The molecular formula is C20H21ClFN3O3. The number of halogens is 2. The molecule has 2 aromatic carbocycles. The SMILES string of the molecule is CC(=O)N[C@H](Cc1ccccc1F)C(=O)N[C@@H](Cc1ccccc1Cl)C(N)=O. The van der Waals surface area contributed by atoms with Crippen LogP contribution in [0.4, 0.5) is 4.39 Å². The molecule has 0 aliphatic rings. The highest BCUT2D eigenvalue weighted by Crippen LogP contribution is 2.17. The number of rotatable bonds is 8. The molecule has 0 aromatic heterocycles. The van der Waals surface area contributed by atoms with Crippen molar-refractivity contribution < 1.29 is 18.8 Å². The molecule has 4 N–H and O–H groups in total. The van der Waals surface area contributed by atoms with Crippen molar-refractivity contribution in [1.82, 2.24) is 10.6 Å². The lowest BCUT2D eigenvalue weighted by molar-refractivity contribution is -0.130. The molecule has 28 heavy (non-hydrogen) atoms. The Labute approximate surface area is 167 Å². The Kier molecular flexibility index (Phi) is 7.52. The molecule has 0 aliphatic carbocycles. The van der Waals surface area contributed by atoms with Gasteiger partial charge in [0, 0.05) is 24.8 Å².